The maximum atomic E-state index is 10.8. The molecule has 0 N–H and O–H groups in total. The minimum atomic E-state index is -0.648. The quantitative estimate of drug-likeness (QED) is 0.341. The third-order valence-electron chi connectivity index (χ3n) is 1.11. The lowest BCUT2D eigenvalue weighted by atomic mass is 10.2. The average molecular weight is 161 g/mol. The number of hydrogen-bond donors (Lipinski definition) is 0. The summed E-state index contributed by atoms with van der Waals surface area (Å²) in [5, 5.41) is 9.92. The van der Waals surface area contributed by atoms with Crippen LogP contribution in [0.3, 0.4) is 0 Å². The van der Waals surface area contributed by atoms with E-state index < -0.39 is 16.8 Å². The van der Waals surface area contributed by atoms with E-state index in [1.807, 2.05) is 0 Å². The van der Waals surface area contributed by atoms with Gasteiger partial charge in [-0.2, -0.15) is 0 Å². The maximum Gasteiger partial charge on any atom is 0.315 e. The Hall–Kier alpha value is -1.13. The van der Waals surface area contributed by atoms with E-state index in [1.54, 1.807) is 6.92 Å². The molecule has 1 unspecified atom stereocenters. The summed E-state index contributed by atoms with van der Waals surface area (Å²) in [6.07, 6.45) is 0. The molecule has 0 amide bonds. The number of ether oxygens (including phenoxy) is 1. The third-order valence-corrected chi connectivity index (χ3v) is 1.11. The van der Waals surface area contributed by atoms with Crippen molar-refractivity contribution in [2.24, 2.45) is 5.92 Å². The van der Waals surface area contributed by atoms with Crippen LogP contribution in [-0.4, -0.2) is 24.0 Å². The van der Waals surface area contributed by atoms with Crippen molar-refractivity contribution in [2.75, 3.05) is 13.2 Å². The molecule has 5 nitrogen and oxygen atoms in total. The van der Waals surface area contributed by atoms with Gasteiger partial charge in [0.2, 0.25) is 6.54 Å². The van der Waals surface area contributed by atoms with Gasteiger partial charge in [0.15, 0.2) is 0 Å². The summed E-state index contributed by atoms with van der Waals surface area (Å²) in [6, 6.07) is 0. The fourth-order valence-corrected chi connectivity index (χ4v) is 0.583. The second-order valence-corrected chi connectivity index (χ2v) is 2.17. The van der Waals surface area contributed by atoms with E-state index in [0.717, 1.165) is 0 Å². The maximum absolute atomic E-state index is 10.8. The molecule has 1 atom stereocenters. The van der Waals surface area contributed by atoms with Crippen LogP contribution in [0.2, 0.25) is 0 Å². The minimum Gasteiger partial charge on any atom is -0.466 e. The average Bonchev–Trinajstić information content (AvgIpc) is 1.86. The van der Waals surface area contributed by atoms with Crippen LogP contribution >= 0.6 is 0 Å². The van der Waals surface area contributed by atoms with Crippen molar-refractivity contribution in [3.05, 3.63) is 10.1 Å². The second-order valence-electron chi connectivity index (χ2n) is 2.17. The van der Waals surface area contributed by atoms with Gasteiger partial charge in [-0.15, -0.1) is 0 Å². The van der Waals surface area contributed by atoms with E-state index in [-0.39, 0.29) is 13.2 Å². The Labute approximate surface area is 64.5 Å². The summed E-state index contributed by atoms with van der Waals surface area (Å²) in [5.74, 6) is -1.16. The first-order valence-corrected chi connectivity index (χ1v) is 3.36. The van der Waals surface area contributed by atoms with Crippen LogP contribution < -0.4 is 0 Å². The minimum absolute atomic E-state index is 0.265. The number of hydrogen-bond acceptors (Lipinski definition) is 4. The highest BCUT2D eigenvalue weighted by molar-refractivity contribution is 5.71. The molecule has 0 heterocycles. The van der Waals surface area contributed by atoms with Gasteiger partial charge in [-0.3, -0.25) is 14.9 Å². The molecule has 0 rings (SSSR count). The highest BCUT2D eigenvalue weighted by Crippen LogP contribution is 1.97. The van der Waals surface area contributed by atoms with Gasteiger partial charge in [0.25, 0.3) is 0 Å². The molecule has 0 fully saturated rings. The highest BCUT2D eigenvalue weighted by Gasteiger charge is 2.19. The fourth-order valence-electron chi connectivity index (χ4n) is 0.583. The summed E-state index contributed by atoms with van der Waals surface area (Å²) in [5.41, 5.74) is 0. The Morgan fingerprint density at radius 3 is 2.64 bits per heavy atom. The standard InChI is InChI=1S/C6H11NO4/c1-3-11-6(8)5(2)4-7(9)10/h5H,3-4H2,1-2H3. The monoisotopic (exact) mass is 161 g/mol. The van der Waals surface area contributed by atoms with E-state index in [9.17, 15) is 14.9 Å². The lowest BCUT2D eigenvalue weighted by molar-refractivity contribution is -0.485. The van der Waals surface area contributed by atoms with Crippen molar-refractivity contribution >= 4 is 5.97 Å². The molecule has 0 saturated heterocycles. The van der Waals surface area contributed by atoms with Crippen LogP contribution in [0, 0.1) is 16.0 Å². The first-order chi connectivity index (χ1) is 5.07. The van der Waals surface area contributed by atoms with Gasteiger partial charge in [0.1, 0.15) is 5.92 Å². The molecule has 0 bridgehead atoms. The molecule has 0 aromatic heterocycles. The number of nitro groups is 1. The van der Waals surface area contributed by atoms with Gasteiger partial charge in [-0.05, 0) is 13.8 Å². The number of esters is 1. The van der Waals surface area contributed by atoms with Gasteiger partial charge >= 0.3 is 5.97 Å². The molecular formula is C6H11NO4. The van der Waals surface area contributed by atoms with E-state index in [1.165, 1.54) is 6.92 Å². The lowest BCUT2D eigenvalue weighted by Crippen LogP contribution is -2.22. The highest BCUT2D eigenvalue weighted by atomic mass is 16.6. The predicted molar refractivity (Wildman–Crippen MR) is 37.7 cm³/mol. The largest absolute Gasteiger partial charge is 0.466 e. The summed E-state index contributed by atoms with van der Waals surface area (Å²) < 4.78 is 4.56. The van der Waals surface area contributed by atoms with E-state index >= 15 is 0 Å². The van der Waals surface area contributed by atoms with Gasteiger partial charge < -0.3 is 4.74 Å². The normalized spacial score (nSPS) is 12.2. The Kier molecular flexibility index (Phi) is 4.17. The molecule has 0 radical (unpaired) electrons. The van der Waals surface area contributed by atoms with E-state index in [2.05, 4.69) is 4.74 Å². The zero-order valence-electron chi connectivity index (χ0n) is 6.57. The summed E-state index contributed by atoms with van der Waals surface area (Å²) in [6.45, 7) is 3.04. The van der Waals surface area contributed by atoms with Crippen LogP contribution in [0.5, 0.6) is 0 Å². The smallest absolute Gasteiger partial charge is 0.315 e. The van der Waals surface area contributed by atoms with Crippen molar-refractivity contribution in [3.63, 3.8) is 0 Å². The number of carbonyl (C=O) groups excluding carboxylic acids is 1. The Morgan fingerprint density at radius 1 is 1.73 bits per heavy atom. The molecule has 0 aromatic rings. The number of rotatable bonds is 4. The predicted octanol–water partition coefficient (Wildman–Crippen LogP) is 0.462. The van der Waals surface area contributed by atoms with Crippen molar-refractivity contribution in [1.82, 2.24) is 0 Å². The van der Waals surface area contributed by atoms with E-state index in [4.69, 9.17) is 0 Å². The summed E-state index contributed by atoms with van der Waals surface area (Å²) >= 11 is 0. The number of carbonyl (C=O) groups is 1. The summed E-state index contributed by atoms with van der Waals surface area (Å²) in [7, 11) is 0. The zero-order valence-corrected chi connectivity index (χ0v) is 6.57. The fraction of sp³-hybridized carbons (Fsp3) is 0.833. The van der Waals surface area contributed by atoms with Crippen molar-refractivity contribution < 1.29 is 14.5 Å². The SMILES string of the molecule is CCOC(=O)C(C)C[N+](=O)[O-]. The molecule has 0 aromatic carbocycles. The zero-order chi connectivity index (χ0) is 8.85. The molecule has 0 saturated carbocycles. The molecular weight excluding hydrogens is 150 g/mol. The second kappa shape index (κ2) is 4.65. The molecule has 0 aliphatic carbocycles. The van der Waals surface area contributed by atoms with Crippen LogP contribution in [-0.2, 0) is 9.53 Å². The molecule has 0 aliphatic rings. The molecule has 0 spiro atoms. The first-order valence-electron chi connectivity index (χ1n) is 3.36. The Bertz CT molecular complexity index is 157. The topological polar surface area (TPSA) is 69.4 Å². The van der Waals surface area contributed by atoms with Crippen LogP contribution in [0.25, 0.3) is 0 Å². The van der Waals surface area contributed by atoms with Gasteiger partial charge in [-0.25, -0.2) is 0 Å². The van der Waals surface area contributed by atoms with Gasteiger partial charge in [-0.1, -0.05) is 0 Å². The molecule has 11 heavy (non-hydrogen) atoms. The Balaban J connectivity index is 3.73. The molecule has 64 valence electrons. The van der Waals surface area contributed by atoms with Crippen LogP contribution in [0.15, 0.2) is 0 Å². The third kappa shape index (κ3) is 4.30. The van der Waals surface area contributed by atoms with Gasteiger partial charge in [0, 0.05) is 4.92 Å². The van der Waals surface area contributed by atoms with Gasteiger partial charge in [0.05, 0.1) is 6.61 Å². The number of nitrogens with zero attached hydrogens (tertiary/aromatic N) is 1. The van der Waals surface area contributed by atoms with E-state index in [0.29, 0.717) is 0 Å². The lowest BCUT2D eigenvalue weighted by Gasteiger charge is -2.04. The molecule has 0 aliphatic heterocycles. The Morgan fingerprint density at radius 2 is 2.27 bits per heavy atom. The van der Waals surface area contributed by atoms with Crippen molar-refractivity contribution in [3.8, 4) is 0 Å². The molecule has 5 heteroatoms. The van der Waals surface area contributed by atoms with Crippen LogP contribution in [0.4, 0.5) is 0 Å². The first kappa shape index (κ1) is 9.87. The van der Waals surface area contributed by atoms with Crippen LogP contribution in [0.1, 0.15) is 13.8 Å². The summed E-state index contributed by atoms with van der Waals surface area (Å²) in [4.78, 5) is 20.1. The van der Waals surface area contributed by atoms with Crippen molar-refractivity contribution in [1.29, 1.82) is 0 Å². The van der Waals surface area contributed by atoms with Crippen molar-refractivity contribution in [2.45, 2.75) is 13.8 Å².